The van der Waals surface area contributed by atoms with Gasteiger partial charge in [-0.05, 0) is 12.1 Å². The van der Waals surface area contributed by atoms with E-state index in [2.05, 4.69) is 41.0 Å². The van der Waals surface area contributed by atoms with Gasteiger partial charge in [0.15, 0.2) is 17.0 Å². The standard InChI is InChI=1S/C17H17N7O/c1-2-4-14-12(3-1)13(22-25-14)9-23-5-7-24(8-6-23)17-15-16(19-10-18-15)20-11-21-17/h1-4,10-11H,5-9H2,(H,18,19,20,21). The smallest absolute Gasteiger partial charge is 0.182 e. The molecule has 0 atom stereocenters. The van der Waals surface area contributed by atoms with Gasteiger partial charge in [-0.3, -0.25) is 4.90 Å². The van der Waals surface area contributed by atoms with Crippen LogP contribution in [0.5, 0.6) is 0 Å². The summed E-state index contributed by atoms with van der Waals surface area (Å²) < 4.78 is 5.41. The Hall–Kier alpha value is -3.00. The van der Waals surface area contributed by atoms with Crippen LogP contribution in [0.4, 0.5) is 5.82 Å². The summed E-state index contributed by atoms with van der Waals surface area (Å²) in [5, 5.41) is 5.33. The van der Waals surface area contributed by atoms with Crippen molar-refractivity contribution in [2.45, 2.75) is 6.54 Å². The maximum atomic E-state index is 5.41. The highest BCUT2D eigenvalue weighted by atomic mass is 16.5. The van der Waals surface area contributed by atoms with Crippen molar-refractivity contribution >= 4 is 28.0 Å². The summed E-state index contributed by atoms with van der Waals surface area (Å²) in [6.07, 6.45) is 3.24. The van der Waals surface area contributed by atoms with Crippen molar-refractivity contribution in [3.63, 3.8) is 0 Å². The Morgan fingerprint density at radius 3 is 2.84 bits per heavy atom. The molecule has 8 heteroatoms. The third-order valence-electron chi connectivity index (χ3n) is 4.70. The van der Waals surface area contributed by atoms with Crippen molar-refractivity contribution < 1.29 is 4.52 Å². The van der Waals surface area contributed by atoms with Crippen molar-refractivity contribution in [3.8, 4) is 0 Å². The van der Waals surface area contributed by atoms with Gasteiger partial charge in [-0.15, -0.1) is 0 Å². The van der Waals surface area contributed by atoms with Crippen LogP contribution < -0.4 is 4.90 Å². The molecule has 0 bridgehead atoms. The van der Waals surface area contributed by atoms with Gasteiger partial charge in [0.1, 0.15) is 17.5 Å². The molecule has 1 aromatic carbocycles. The second-order valence-corrected chi connectivity index (χ2v) is 6.19. The van der Waals surface area contributed by atoms with Gasteiger partial charge in [0.25, 0.3) is 0 Å². The molecule has 126 valence electrons. The second-order valence-electron chi connectivity index (χ2n) is 6.19. The molecule has 0 spiro atoms. The number of nitrogens with zero attached hydrogens (tertiary/aromatic N) is 6. The molecule has 1 saturated heterocycles. The third-order valence-corrected chi connectivity index (χ3v) is 4.70. The third kappa shape index (κ3) is 2.51. The molecule has 0 amide bonds. The fourth-order valence-electron chi connectivity index (χ4n) is 3.37. The van der Waals surface area contributed by atoms with Gasteiger partial charge in [-0.25, -0.2) is 15.0 Å². The van der Waals surface area contributed by atoms with E-state index in [-0.39, 0.29) is 0 Å². The molecule has 0 aliphatic carbocycles. The minimum absolute atomic E-state index is 0.710. The van der Waals surface area contributed by atoms with Crippen LogP contribution in [0, 0.1) is 0 Å². The zero-order chi connectivity index (χ0) is 16.6. The topological polar surface area (TPSA) is 87.0 Å². The van der Waals surface area contributed by atoms with Crippen molar-refractivity contribution in [1.82, 2.24) is 30.0 Å². The van der Waals surface area contributed by atoms with Crippen molar-refractivity contribution in [2.75, 3.05) is 31.1 Å². The van der Waals surface area contributed by atoms with Crippen LogP contribution >= 0.6 is 0 Å². The van der Waals surface area contributed by atoms with Gasteiger partial charge in [0.2, 0.25) is 0 Å². The lowest BCUT2D eigenvalue weighted by atomic mass is 10.2. The average molecular weight is 335 g/mol. The molecule has 8 nitrogen and oxygen atoms in total. The minimum atomic E-state index is 0.710. The van der Waals surface area contributed by atoms with Gasteiger partial charge < -0.3 is 14.4 Å². The summed E-state index contributed by atoms with van der Waals surface area (Å²) >= 11 is 0. The van der Waals surface area contributed by atoms with Crippen LogP contribution in [0.3, 0.4) is 0 Å². The Balaban J connectivity index is 1.31. The summed E-state index contributed by atoms with van der Waals surface area (Å²) in [5.74, 6) is 0.925. The van der Waals surface area contributed by atoms with E-state index in [0.717, 1.165) is 60.7 Å². The van der Waals surface area contributed by atoms with Gasteiger partial charge in [-0.1, -0.05) is 17.3 Å². The fraction of sp³-hybridized carbons (Fsp3) is 0.294. The normalized spacial score (nSPS) is 16.1. The molecule has 5 rings (SSSR count). The summed E-state index contributed by atoms with van der Waals surface area (Å²) in [6, 6.07) is 8.00. The first-order chi connectivity index (χ1) is 12.4. The van der Waals surface area contributed by atoms with Crippen molar-refractivity contribution in [1.29, 1.82) is 0 Å². The van der Waals surface area contributed by atoms with Crippen LogP contribution in [-0.2, 0) is 6.54 Å². The number of piperazine rings is 1. The van der Waals surface area contributed by atoms with Gasteiger partial charge >= 0.3 is 0 Å². The van der Waals surface area contributed by atoms with E-state index in [4.69, 9.17) is 4.52 Å². The summed E-state index contributed by atoms with van der Waals surface area (Å²) in [5.41, 5.74) is 3.46. The Labute approximate surface area is 143 Å². The number of hydrogen-bond donors (Lipinski definition) is 1. The highest BCUT2D eigenvalue weighted by Crippen LogP contribution is 2.23. The summed E-state index contributed by atoms with van der Waals surface area (Å²) in [4.78, 5) is 20.6. The lowest BCUT2D eigenvalue weighted by Crippen LogP contribution is -2.46. The van der Waals surface area contributed by atoms with E-state index in [1.165, 1.54) is 0 Å². The van der Waals surface area contributed by atoms with Crippen LogP contribution in [0.1, 0.15) is 5.69 Å². The zero-order valence-corrected chi connectivity index (χ0v) is 13.6. The number of hydrogen-bond acceptors (Lipinski definition) is 7. The monoisotopic (exact) mass is 335 g/mol. The molecule has 1 fully saturated rings. The van der Waals surface area contributed by atoms with Crippen LogP contribution in [0.2, 0.25) is 0 Å². The number of nitrogens with one attached hydrogen (secondary N) is 1. The lowest BCUT2D eigenvalue weighted by Gasteiger charge is -2.35. The molecule has 4 aromatic rings. The maximum absolute atomic E-state index is 5.41. The highest BCUT2D eigenvalue weighted by Gasteiger charge is 2.22. The predicted molar refractivity (Wildman–Crippen MR) is 93.2 cm³/mol. The number of aromatic amines is 1. The molecule has 0 unspecified atom stereocenters. The molecule has 4 heterocycles. The van der Waals surface area contributed by atoms with Crippen molar-refractivity contribution in [3.05, 3.63) is 42.6 Å². The predicted octanol–water partition coefficient (Wildman–Crippen LogP) is 1.82. The number of aromatic nitrogens is 5. The number of anilines is 1. The SMILES string of the molecule is c1ccc2c(CN3CCN(c4ncnc5nc[nH]c45)CC3)noc2c1. The highest BCUT2D eigenvalue weighted by molar-refractivity contribution is 5.82. The molecule has 25 heavy (non-hydrogen) atoms. The van der Waals surface area contributed by atoms with Gasteiger partial charge in [0, 0.05) is 38.1 Å². The Morgan fingerprint density at radius 1 is 1.04 bits per heavy atom. The Bertz CT molecular complexity index is 1020. The summed E-state index contributed by atoms with van der Waals surface area (Å²) in [6.45, 7) is 4.50. The second kappa shape index (κ2) is 5.82. The zero-order valence-electron chi connectivity index (χ0n) is 13.6. The quantitative estimate of drug-likeness (QED) is 0.611. The molecular formula is C17H17N7O. The molecule has 1 N–H and O–H groups in total. The lowest BCUT2D eigenvalue weighted by molar-refractivity contribution is 0.243. The molecule has 1 aliphatic rings. The molecule has 3 aromatic heterocycles. The van der Waals surface area contributed by atoms with Gasteiger partial charge in [0.05, 0.1) is 6.33 Å². The average Bonchev–Trinajstić information content (AvgIpc) is 3.29. The number of imidazole rings is 1. The number of fused-ring (bicyclic) bond motifs is 2. The number of benzene rings is 1. The maximum Gasteiger partial charge on any atom is 0.182 e. The summed E-state index contributed by atoms with van der Waals surface area (Å²) in [7, 11) is 0. The van der Waals surface area contributed by atoms with E-state index in [1.54, 1.807) is 12.7 Å². The number of rotatable bonds is 3. The first-order valence-corrected chi connectivity index (χ1v) is 8.33. The Morgan fingerprint density at radius 2 is 1.92 bits per heavy atom. The molecule has 0 saturated carbocycles. The first kappa shape index (κ1) is 14.4. The fourth-order valence-corrected chi connectivity index (χ4v) is 3.37. The minimum Gasteiger partial charge on any atom is -0.356 e. The van der Waals surface area contributed by atoms with Crippen LogP contribution in [0.15, 0.2) is 41.4 Å². The van der Waals surface area contributed by atoms with E-state index < -0.39 is 0 Å². The van der Waals surface area contributed by atoms with Crippen LogP contribution in [-0.4, -0.2) is 56.2 Å². The first-order valence-electron chi connectivity index (χ1n) is 8.33. The largest absolute Gasteiger partial charge is 0.356 e. The van der Waals surface area contributed by atoms with E-state index in [1.807, 2.05) is 18.2 Å². The molecular weight excluding hydrogens is 318 g/mol. The molecule has 1 aliphatic heterocycles. The van der Waals surface area contributed by atoms with E-state index >= 15 is 0 Å². The van der Waals surface area contributed by atoms with Gasteiger partial charge in [-0.2, -0.15) is 0 Å². The van der Waals surface area contributed by atoms with E-state index in [9.17, 15) is 0 Å². The molecule has 0 radical (unpaired) electrons. The Kier molecular flexibility index (Phi) is 3.34. The number of para-hydroxylation sites is 1. The van der Waals surface area contributed by atoms with Crippen molar-refractivity contribution in [2.24, 2.45) is 0 Å². The van der Waals surface area contributed by atoms with Crippen LogP contribution in [0.25, 0.3) is 22.1 Å². The number of H-pyrrole nitrogens is 1. The van der Waals surface area contributed by atoms with E-state index in [0.29, 0.717) is 5.65 Å².